The Kier molecular flexibility index (Phi) is 5.59. The number of ether oxygens (including phenoxy) is 5. The van der Waals surface area contributed by atoms with Gasteiger partial charge >= 0.3 is 0 Å². The van der Waals surface area contributed by atoms with Gasteiger partial charge in [-0.2, -0.15) is 0 Å². The van der Waals surface area contributed by atoms with Crippen LogP contribution >= 0.6 is 0 Å². The van der Waals surface area contributed by atoms with E-state index in [2.05, 4.69) is 0 Å². The molecular formula is C32H30N2O7. The minimum Gasteiger partial charge on any atom is -0.496 e. The number of nitrogens with zero attached hydrogens (tertiary/aromatic N) is 2. The topological polar surface area (TPSA) is 101 Å². The Bertz CT molecular complexity index is 1750. The number of hydrogen-bond acceptors (Lipinski definition) is 8. The molecule has 9 nitrogen and oxygen atoms in total. The van der Waals surface area contributed by atoms with Gasteiger partial charge < -0.3 is 28.8 Å². The highest BCUT2D eigenvalue weighted by molar-refractivity contribution is 5.69. The third-order valence-electron chi connectivity index (χ3n) is 8.71. The predicted molar refractivity (Wildman–Crippen MR) is 149 cm³/mol. The zero-order chi connectivity index (χ0) is 28.5. The number of methoxy groups -OCH3 is 4. The van der Waals surface area contributed by atoms with Gasteiger partial charge in [-0.05, 0) is 24.1 Å². The van der Waals surface area contributed by atoms with E-state index in [0.717, 1.165) is 12.0 Å². The predicted octanol–water partition coefficient (Wildman–Crippen LogP) is 3.89. The molecule has 3 aromatic carbocycles. The lowest BCUT2D eigenvalue weighted by molar-refractivity contribution is -0.0911. The summed E-state index contributed by atoms with van der Waals surface area (Å²) in [5, 5.41) is 13.4. The van der Waals surface area contributed by atoms with Crippen LogP contribution in [0.25, 0.3) is 0 Å². The molecule has 4 aromatic rings. The minimum absolute atomic E-state index is 0.170. The maximum Gasteiger partial charge on any atom is 0.257 e. The summed E-state index contributed by atoms with van der Waals surface area (Å²) >= 11 is 0. The van der Waals surface area contributed by atoms with E-state index < -0.39 is 17.1 Å². The van der Waals surface area contributed by atoms with Crippen molar-refractivity contribution in [2.24, 2.45) is 0 Å². The molecule has 0 amide bonds. The standard InChI is InChI=1S/C32H30N2O7/c1-37-20-16-23(40-4)28-24(17-20)41-32(19-12-13-21(38-2)22(15-19)39-3)27(18-9-6-5-7-10-18)26-29(31(28,32)36)33-25-11-8-14-34(25)30(26)35/h5-7,9-10,12-13,15-17,27,36H,8,11,14H2,1-4H3/t27-,31+,32+/m1/s1. The van der Waals surface area contributed by atoms with Crippen molar-refractivity contribution in [3.05, 3.63) is 105 Å². The molecule has 0 unspecified atom stereocenters. The van der Waals surface area contributed by atoms with Gasteiger partial charge in [0.1, 0.15) is 23.1 Å². The Balaban J connectivity index is 1.66. The molecule has 0 saturated heterocycles. The number of fused-ring (bicyclic) bond motifs is 6. The van der Waals surface area contributed by atoms with Gasteiger partial charge in [-0.1, -0.05) is 36.4 Å². The zero-order valence-electron chi connectivity index (χ0n) is 23.3. The van der Waals surface area contributed by atoms with E-state index >= 15 is 0 Å². The molecule has 0 saturated carbocycles. The van der Waals surface area contributed by atoms with Crippen LogP contribution in [0.3, 0.4) is 0 Å². The van der Waals surface area contributed by atoms with Gasteiger partial charge in [-0.25, -0.2) is 4.98 Å². The summed E-state index contributed by atoms with van der Waals surface area (Å²) in [4.78, 5) is 19.4. The third-order valence-corrected chi connectivity index (χ3v) is 8.71. The number of rotatable bonds is 6. The summed E-state index contributed by atoms with van der Waals surface area (Å²) in [6, 6.07) is 18.5. The normalized spacial score (nSPS) is 23.2. The Labute approximate surface area is 236 Å². The lowest BCUT2D eigenvalue weighted by Crippen LogP contribution is -2.49. The van der Waals surface area contributed by atoms with Crippen LogP contribution in [0.2, 0.25) is 0 Å². The highest BCUT2D eigenvalue weighted by Gasteiger charge is 2.74. The molecule has 2 aliphatic heterocycles. The molecule has 0 fully saturated rings. The fraction of sp³-hybridized carbons (Fsp3) is 0.312. The van der Waals surface area contributed by atoms with Crippen LogP contribution in [0.1, 0.15) is 46.1 Å². The first-order chi connectivity index (χ1) is 19.9. The van der Waals surface area contributed by atoms with Gasteiger partial charge in [0.15, 0.2) is 22.7 Å². The summed E-state index contributed by atoms with van der Waals surface area (Å²) in [7, 11) is 6.21. The molecule has 0 spiro atoms. The molecule has 1 aliphatic carbocycles. The molecule has 0 radical (unpaired) electrons. The van der Waals surface area contributed by atoms with Crippen molar-refractivity contribution >= 4 is 0 Å². The summed E-state index contributed by atoms with van der Waals surface area (Å²) < 4.78 is 31.4. The molecule has 210 valence electrons. The molecule has 7 rings (SSSR count). The number of benzene rings is 3. The van der Waals surface area contributed by atoms with E-state index in [1.54, 1.807) is 50.2 Å². The maximum absolute atomic E-state index is 14.3. The van der Waals surface area contributed by atoms with E-state index in [-0.39, 0.29) is 11.3 Å². The van der Waals surface area contributed by atoms with E-state index in [1.807, 2.05) is 36.4 Å². The van der Waals surface area contributed by atoms with Crippen LogP contribution in [0.5, 0.6) is 28.7 Å². The van der Waals surface area contributed by atoms with E-state index in [0.29, 0.717) is 64.2 Å². The summed E-state index contributed by atoms with van der Waals surface area (Å²) in [5.74, 6) is 2.15. The molecule has 9 heteroatoms. The largest absolute Gasteiger partial charge is 0.496 e. The molecule has 3 heterocycles. The van der Waals surface area contributed by atoms with E-state index in [9.17, 15) is 9.90 Å². The van der Waals surface area contributed by atoms with Crippen molar-refractivity contribution in [2.75, 3.05) is 28.4 Å². The summed E-state index contributed by atoms with van der Waals surface area (Å²) in [6.45, 7) is 0.579. The Morgan fingerprint density at radius 1 is 0.927 bits per heavy atom. The highest BCUT2D eigenvalue weighted by atomic mass is 16.5. The number of hydrogen-bond donors (Lipinski definition) is 1. The van der Waals surface area contributed by atoms with Gasteiger partial charge in [0.05, 0.1) is 51.2 Å². The van der Waals surface area contributed by atoms with Gasteiger partial charge in [0.2, 0.25) is 0 Å². The highest BCUT2D eigenvalue weighted by Crippen LogP contribution is 2.69. The average Bonchev–Trinajstić information content (AvgIpc) is 3.65. The van der Waals surface area contributed by atoms with Crippen molar-refractivity contribution in [3.8, 4) is 28.7 Å². The molecule has 41 heavy (non-hydrogen) atoms. The van der Waals surface area contributed by atoms with E-state index in [1.165, 1.54) is 7.11 Å². The second kappa shape index (κ2) is 9.01. The lowest BCUT2D eigenvalue weighted by Gasteiger charge is -2.40. The molecule has 3 atom stereocenters. The van der Waals surface area contributed by atoms with Crippen molar-refractivity contribution < 1.29 is 28.8 Å². The monoisotopic (exact) mass is 554 g/mol. The van der Waals surface area contributed by atoms with E-state index in [4.69, 9.17) is 28.7 Å². The first-order valence-electron chi connectivity index (χ1n) is 13.5. The van der Waals surface area contributed by atoms with Crippen molar-refractivity contribution in [2.45, 2.75) is 36.5 Å². The van der Waals surface area contributed by atoms with Crippen molar-refractivity contribution in [1.82, 2.24) is 9.55 Å². The molecular weight excluding hydrogens is 524 g/mol. The molecule has 1 N–H and O–H groups in total. The van der Waals surface area contributed by atoms with Crippen molar-refractivity contribution in [3.63, 3.8) is 0 Å². The number of aliphatic hydroxyl groups is 1. The van der Waals surface area contributed by atoms with Crippen LogP contribution in [0.4, 0.5) is 0 Å². The number of aryl methyl sites for hydroxylation is 1. The first-order valence-corrected chi connectivity index (χ1v) is 13.5. The zero-order valence-corrected chi connectivity index (χ0v) is 23.3. The second-order valence-electron chi connectivity index (χ2n) is 10.5. The van der Waals surface area contributed by atoms with Crippen LogP contribution in [-0.4, -0.2) is 43.1 Å². The Morgan fingerprint density at radius 2 is 1.68 bits per heavy atom. The van der Waals surface area contributed by atoms with Gasteiger partial charge in [0, 0.05) is 30.7 Å². The lowest BCUT2D eigenvalue weighted by atomic mass is 9.70. The smallest absolute Gasteiger partial charge is 0.257 e. The fourth-order valence-corrected chi connectivity index (χ4v) is 6.99. The summed E-state index contributed by atoms with van der Waals surface area (Å²) in [6.07, 6.45) is 1.46. The van der Waals surface area contributed by atoms with Gasteiger partial charge in [-0.3, -0.25) is 9.36 Å². The Hall–Kier alpha value is -4.50. The van der Waals surface area contributed by atoms with Crippen LogP contribution < -0.4 is 29.2 Å². The first kappa shape index (κ1) is 25.5. The SMILES string of the molecule is COc1cc(OC)c2c(c1)O[C@@]1(c3ccc(OC)c(OC)c3)[C@H](c3ccccc3)c3c(nc4n(c3=O)CCC4)[C@@]21O. The maximum atomic E-state index is 14.3. The average molecular weight is 555 g/mol. The number of aromatic nitrogens is 2. The molecule has 1 aromatic heterocycles. The van der Waals surface area contributed by atoms with Gasteiger partial charge in [0.25, 0.3) is 5.56 Å². The van der Waals surface area contributed by atoms with Crippen LogP contribution in [-0.2, 0) is 24.2 Å². The Morgan fingerprint density at radius 3 is 2.39 bits per heavy atom. The van der Waals surface area contributed by atoms with Crippen LogP contribution in [0, 0.1) is 0 Å². The molecule has 3 aliphatic rings. The van der Waals surface area contributed by atoms with Crippen molar-refractivity contribution in [1.29, 1.82) is 0 Å². The fourth-order valence-electron chi connectivity index (χ4n) is 6.99. The summed E-state index contributed by atoms with van der Waals surface area (Å²) in [5.41, 5.74) is -1.17. The quantitative estimate of drug-likeness (QED) is 0.383. The second-order valence-corrected chi connectivity index (χ2v) is 10.5. The van der Waals surface area contributed by atoms with Crippen LogP contribution in [0.15, 0.2) is 65.5 Å². The third kappa shape index (κ3) is 3.15. The minimum atomic E-state index is -1.91. The molecule has 0 bridgehead atoms. The van der Waals surface area contributed by atoms with Gasteiger partial charge in [-0.15, -0.1) is 0 Å².